The van der Waals surface area contributed by atoms with Crippen LogP contribution in [-0.2, 0) is 4.79 Å². The number of ketones is 1. The third-order valence-electron chi connectivity index (χ3n) is 5.11. The number of allylic oxidation sites excluding steroid dienone is 2. The molecule has 15 heavy (non-hydrogen) atoms. The fourth-order valence-electron chi connectivity index (χ4n) is 4.37. The third-order valence-corrected chi connectivity index (χ3v) is 5.11. The average molecular weight is 204 g/mol. The summed E-state index contributed by atoms with van der Waals surface area (Å²) in [7, 11) is 0. The molecule has 2 fully saturated rings. The van der Waals surface area contributed by atoms with Crippen LogP contribution >= 0.6 is 0 Å². The lowest BCUT2D eigenvalue weighted by Crippen LogP contribution is -2.48. The lowest BCUT2D eigenvalue weighted by atomic mass is 9.51. The Kier molecular flexibility index (Phi) is 2.05. The Morgan fingerprint density at radius 2 is 2.27 bits per heavy atom. The summed E-state index contributed by atoms with van der Waals surface area (Å²) in [6, 6.07) is 0. The number of carbonyl (C=O) groups excluding carboxylic acids is 1. The van der Waals surface area contributed by atoms with Gasteiger partial charge in [0.1, 0.15) is 5.78 Å². The number of hydrogen-bond donors (Lipinski definition) is 0. The van der Waals surface area contributed by atoms with E-state index in [9.17, 15) is 4.79 Å². The van der Waals surface area contributed by atoms with Gasteiger partial charge in [0.25, 0.3) is 0 Å². The molecule has 0 amide bonds. The average Bonchev–Trinajstić information content (AvgIpc) is 2.25. The van der Waals surface area contributed by atoms with Crippen molar-refractivity contribution in [3.63, 3.8) is 0 Å². The van der Waals surface area contributed by atoms with Crippen LogP contribution in [-0.4, -0.2) is 5.78 Å². The van der Waals surface area contributed by atoms with Crippen LogP contribution in [0.2, 0.25) is 0 Å². The number of hydrogen-bond acceptors (Lipinski definition) is 1. The van der Waals surface area contributed by atoms with E-state index < -0.39 is 0 Å². The molecule has 1 heteroatoms. The van der Waals surface area contributed by atoms with Gasteiger partial charge in [-0.05, 0) is 42.9 Å². The lowest BCUT2D eigenvalue weighted by molar-refractivity contribution is -0.135. The van der Waals surface area contributed by atoms with Gasteiger partial charge in [0, 0.05) is 12.3 Å². The van der Waals surface area contributed by atoms with Crippen LogP contribution in [0.3, 0.4) is 0 Å². The molecule has 1 nitrogen and oxygen atoms in total. The minimum atomic E-state index is 0.374. The summed E-state index contributed by atoms with van der Waals surface area (Å²) in [6.07, 6.45) is 11.7. The molecule has 0 spiro atoms. The van der Waals surface area contributed by atoms with E-state index in [4.69, 9.17) is 0 Å². The van der Waals surface area contributed by atoms with Gasteiger partial charge in [-0.3, -0.25) is 4.79 Å². The van der Waals surface area contributed by atoms with Gasteiger partial charge in [0.15, 0.2) is 0 Å². The first-order valence-electron chi connectivity index (χ1n) is 6.40. The Morgan fingerprint density at radius 3 is 3.13 bits per heavy atom. The molecule has 0 aromatic rings. The van der Waals surface area contributed by atoms with Crippen LogP contribution < -0.4 is 0 Å². The van der Waals surface area contributed by atoms with Gasteiger partial charge in [0.05, 0.1) is 0 Å². The van der Waals surface area contributed by atoms with E-state index in [2.05, 4.69) is 19.1 Å². The van der Waals surface area contributed by atoms with E-state index >= 15 is 0 Å². The Balaban J connectivity index is 2.00. The predicted molar refractivity (Wildman–Crippen MR) is 60.4 cm³/mol. The number of Topliss-reactive ketones (excluding diaryl/α,β-unsaturated/α-hetero) is 1. The molecule has 0 unspecified atom stereocenters. The molecule has 0 N–H and O–H groups in total. The summed E-state index contributed by atoms with van der Waals surface area (Å²) in [6.45, 7) is 2.43. The summed E-state index contributed by atoms with van der Waals surface area (Å²) in [5.41, 5.74) is 0.478. The van der Waals surface area contributed by atoms with Crippen molar-refractivity contribution in [2.45, 2.75) is 45.4 Å². The van der Waals surface area contributed by atoms with Gasteiger partial charge < -0.3 is 0 Å². The maximum absolute atomic E-state index is 12.0. The summed E-state index contributed by atoms with van der Waals surface area (Å²) in [5, 5.41) is 0. The number of rotatable bonds is 0. The molecule has 4 atom stereocenters. The summed E-state index contributed by atoms with van der Waals surface area (Å²) in [4.78, 5) is 12.0. The van der Waals surface area contributed by atoms with Crippen LogP contribution in [0.5, 0.6) is 0 Å². The van der Waals surface area contributed by atoms with Crippen molar-refractivity contribution in [3.8, 4) is 0 Å². The largest absolute Gasteiger partial charge is 0.299 e. The summed E-state index contributed by atoms with van der Waals surface area (Å²) < 4.78 is 0. The first kappa shape index (κ1) is 9.62. The van der Waals surface area contributed by atoms with Crippen LogP contribution in [0.1, 0.15) is 45.4 Å². The Hall–Kier alpha value is -0.590. The van der Waals surface area contributed by atoms with E-state index in [0.29, 0.717) is 29.0 Å². The molecular formula is C14H20O. The number of carbonyl (C=O) groups is 1. The van der Waals surface area contributed by atoms with Crippen LogP contribution in [0.25, 0.3) is 0 Å². The van der Waals surface area contributed by atoms with E-state index in [1.807, 2.05) is 0 Å². The summed E-state index contributed by atoms with van der Waals surface area (Å²) in [5.74, 6) is 2.32. The standard InChI is InChI=1S/C14H20O/c1-14-8-3-5-10-4-2-6-11(13(10)14)12(15)7-9-14/h2,4,10-11,13H,3,5-9H2,1H3/t10-,11-,13-,14+/m1/s1. The molecule has 0 aromatic heterocycles. The fraction of sp³-hybridized carbons (Fsp3) is 0.786. The van der Waals surface area contributed by atoms with E-state index in [-0.39, 0.29) is 0 Å². The maximum atomic E-state index is 12.0. The van der Waals surface area contributed by atoms with Gasteiger partial charge in [-0.15, -0.1) is 0 Å². The van der Waals surface area contributed by atoms with Gasteiger partial charge in [-0.2, -0.15) is 0 Å². The van der Waals surface area contributed by atoms with Gasteiger partial charge in [-0.25, -0.2) is 0 Å². The molecule has 3 aliphatic rings. The monoisotopic (exact) mass is 204 g/mol. The zero-order valence-electron chi connectivity index (χ0n) is 9.54. The van der Waals surface area contributed by atoms with E-state index in [1.165, 1.54) is 19.3 Å². The zero-order chi connectivity index (χ0) is 10.5. The summed E-state index contributed by atoms with van der Waals surface area (Å²) >= 11 is 0. The SMILES string of the molecule is C[C@]12CCC[C@H]3C=CC[C@H](C(=O)CC1)[C@@H]32. The highest BCUT2D eigenvalue weighted by molar-refractivity contribution is 5.82. The second-order valence-corrected chi connectivity index (χ2v) is 5.97. The fourth-order valence-corrected chi connectivity index (χ4v) is 4.37. The van der Waals surface area contributed by atoms with E-state index in [1.54, 1.807) is 0 Å². The van der Waals surface area contributed by atoms with Crippen molar-refractivity contribution in [2.24, 2.45) is 23.2 Å². The highest BCUT2D eigenvalue weighted by Crippen LogP contribution is 2.56. The Morgan fingerprint density at radius 1 is 1.40 bits per heavy atom. The quantitative estimate of drug-likeness (QED) is 0.553. The Labute approximate surface area is 91.9 Å². The second-order valence-electron chi connectivity index (χ2n) is 5.97. The topological polar surface area (TPSA) is 17.1 Å². The van der Waals surface area contributed by atoms with Crippen molar-refractivity contribution in [1.29, 1.82) is 0 Å². The lowest BCUT2D eigenvalue weighted by Gasteiger charge is -2.53. The highest BCUT2D eigenvalue weighted by atomic mass is 16.1. The van der Waals surface area contributed by atoms with Gasteiger partial charge in [0.2, 0.25) is 0 Å². The van der Waals surface area contributed by atoms with Gasteiger partial charge >= 0.3 is 0 Å². The molecule has 0 heterocycles. The first-order chi connectivity index (χ1) is 7.21. The predicted octanol–water partition coefficient (Wildman–Crippen LogP) is 3.35. The molecule has 82 valence electrons. The highest BCUT2D eigenvalue weighted by Gasteiger charge is 2.50. The zero-order valence-corrected chi connectivity index (χ0v) is 9.54. The second kappa shape index (κ2) is 3.20. The Bertz CT molecular complexity index is 317. The van der Waals surface area contributed by atoms with Crippen LogP contribution in [0.15, 0.2) is 12.2 Å². The molecular weight excluding hydrogens is 184 g/mol. The molecule has 0 aromatic carbocycles. The smallest absolute Gasteiger partial charge is 0.136 e. The molecule has 0 aliphatic heterocycles. The maximum Gasteiger partial charge on any atom is 0.136 e. The van der Waals surface area contributed by atoms with E-state index in [0.717, 1.165) is 19.3 Å². The molecule has 2 saturated carbocycles. The molecule has 0 radical (unpaired) electrons. The van der Waals surface area contributed by atoms with Crippen molar-refractivity contribution in [3.05, 3.63) is 12.2 Å². The molecule has 3 rings (SSSR count). The van der Waals surface area contributed by atoms with Crippen molar-refractivity contribution in [2.75, 3.05) is 0 Å². The van der Waals surface area contributed by atoms with Crippen LogP contribution in [0, 0.1) is 23.2 Å². The minimum absolute atomic E-state index is 0.374. The molecule has 0 saturated heterocycles. The van der Waals surface area contributed by atoms with Gasteiger partial charge in [-0.1, -0.05) is 25.5 Å². The molecule has 3 aliphatic carbocycles. The normalized spacial score (nSPS) is 48.9. The third kappa shape index (κ3) is 1.32. The van der Waals surface area contributed by atoms with Crippen molar-refractivity contribution >= 4 is 5.78 Å². The first-order valence-corrected chi connectivity index (χ1v) is 6.40. The van der Waals surface area contributed by atoms with Crippen LogP contribution in [0.4, 0.5) is 0 Å². The molecule has 0 bridgehead atoms. The van der Waals surface area contributed by atoms with Crippen molar-refractivity contribution < 1.29 is 4.79 Å². The minimum Gasteiger partial charge on any atom is -0.299 e. The van der Waals surface area contributed by atoms with Crippen molar-refractivity contribution in [1.82, 2.24) is 0 Å².